The molecular formula is C7H8N2O3. The maximum atomic E-state index is 10.4. The van der Waals surface area contributed by atoms with Crippen LogP contribution in [-0.4, -0.2) is 12.0 Å². The van der Waals surface area contributed by atoms with E-state index in [1.165, 1.54) is 19.2 Å². The fourth-order valence-corrected chi connectivity index (χ4v) is 0.809. The van der Waals surface area contributed by atoms with Gasteiger partial charge in [0.05, 0.1) is 18.1 Å². The maximum absolute atomic E-state index is 10.4. The van der Waals surface area contributed by atoms with Crippen molar-refractivity contribution in [1.29, 1.82) is 0 Å². The molecule has 0 aliphatic heterocycles. The van der Waals surface area contributed by atoms with Crippen molar-refractivity contribution in [3.63, 3.8) is 0 Å². The SMILES string of the molecule is CO[13c]1[13cH][13cH][13c](N)[13c]([N+](=O)[O-])[13cH]1. The van der Waals surface area contributed by atoms with Crippen molar-refractivity contribution in [3.8, 4) is 5.75 Å². The quantitative estimate of drug-likeness (QED) is 0.415. The zero-order chi connectivity index (χ0) is 9.14. The van der Waals surface area contributed by atoms with Gasteiger partial charge in [0.25, 0.3) is 5.69 Å². The van der Waals surface area contributed by atoms with Crippen LogP contribution in [0, 0.1) is 10.1 Å². The minimum Gasteiger partial charge on any atom is -0.496 e. The third-order valence-corrected chi connectivity index (χ3v) is 1.43. The van der Waals surface area contributed by atoms with Crippen molar-refractivity contribution >= 4 is 11.4 Å². The monoisotopic (exact) mass is 174 g/mol. The Hall–Kier alpha value is -1.78. The highest BCUT2D eigenvalue weighted by Gasteiger charge is 2.11. The Kier molecular flexibility index (Phi) is 2.14. The molecule has 1 aromatic carbocycles. The molecule has 0 aliphatic rings. The van der Waals surface area contributed by atoms with Crippen molar-refractivity contribution in [2.24, 2.45) is 0 Å². The van der Waals surface area contributed by atoms with Gasteiger partial charge in [-0.3, -0.25) is 10.1 Å². The van der Waals surface area contributed by atoms with Crippen LogP contribution in [0.2, 0.25) is 0 Å². The van der Waals surface area contributed by atoms with E-state index in [0.29, 0.717) is 5.75 Å². The number of benzene rings is 1. The molecule has 0 unspecified atom stereocenters. The fraction of sp³-hybridized carbons (Fsp3) is 0.143. The highest BCUT2D eigenvalue weighted by atomic mass is 16.6. The van der Waals surface area contributed by atoms with Crippen molar-refractivity contribution < 1.29 is 9.66 Å². The molecule has 5 heteroatoms. The van der Waals surface area contributed by atoms with Crippen LogP contribution in [0.5, 0.6) is 5.75 Å². The summed E-state index contributed by atoms with van der Waals surface area (Å²) < 4.78 is 4.80. The molecular weight excluding hydrogens is 166 g/mol. The number of nitrogens with two attached hydrogens (primary N) is 1. The first-order valence-electron chi connectivity index (χ1n) is 3.23. The fourth-order valence-electron chi connectivity index (χ4n) is 0.809. The van der Waals surface area contributed by atoms with Gasteiger partial charge in [-0.15, -0.1) is 0 Å². The number of ether oxygens (including phenoxy) is 1. The number of hydrogen-bond donors (Lipinski definition) is 1. The summed E-state index contributed by atoms with van der Waals surface area (Å²) in [6.45, 7) is 0. The first-order chi connectivity index (χ1) is 5.65. The lowest BCUT2D eigenvalue weighted by atomic mass is 11.2. The molecule has 0 amide bonds. The van der Waals surface area contributed by atoms with Crippen LogP contribution < -0.4 is 10.5 Å². The highest BCUT2D eigenvalue weighted by molar-refractivity contribution is 5.60. The van der Waals surface area contributed by atoms with Gasteiger partial charge in [-0.2, -0.15) is 0 Å². The molecule has 0 spiro atoms. The normalized spacial score (nSPS) is 9.42. The van der Waals surface area contributed by atoms with Gasteiger partial charge in [0.15, 0.2) is 0 Å². The summed E-state index contributed by atoms with van der Waals surface area (Å²) in [5, 5.41) is 10.4. The van der Waals surface area contributed by atoms with Crippen LogP contribution in [-0.2, 0) is 0 Å². The summed E-state index contributed by atoms with van der Waals surface area (Å²) in [4.78, 5) is 9.82. The van der Waals surface area contributed by atoms with Gasteiger partial charge < -0.3 is 10.5 Å². The molecule has 1 aromatic rings. The zero-order valence-electron chi connectivity index (χ0n) is 6.48. The largest absolute Gasteiger partial charge is 0.496 e. The van der Waals surface area contributed by atoms with Crippen LogP contribution in [0.25, 0.3) is 0 Å². The molecule has 0 heterocycles. The van der Waals surface area contributed by atoms with Crippen molar-refractivity contribution in [3.05, 3.63) is 28.3 Å². The summed E-state index contributed by atoms with van der Waals surface area (Å²) in [6.07, 6.45) is 0. The molecule has 64 valence electrons. The molecule has 0 bridgehead atoms. The lowest BCUT2D eigenvalue weighted by molar-refractivity contribution is -0.384. The summed E-state index contributed by atoms with van der Waals surface area (Å²) in [6, 6.07) is 4.30. The smallest absolute Gasteiger partial charge is 0.295 e. The van der Waals surface area contributed by atoms with Crippen LogP contribution in [0.1, 0.15) is 0 Å². The van der Waals surface area contributed by atoms with E-state index in [1.807, 2.05) is 0 Å². The van der Waals surface area contributed by atoms with Crippen molar-refractivity contribution in [2.75, 3.05) is 12.8 Å². The summed E-state index contributed by atoms with van der Waals surface area (Å²) in [7, 11) is 1.44. The van der Waals surface area contributed by atoms with Gasteiger partial charge in [0, 0.05) is 0 Å². The maximum Gasteiger partial charge on any atom is 0.295 e. The Bertz CT molecular complexity index is 312. The van der Waals surface area contributed by atoms with Gasteiger partial charge in [-0.25, -0.2) is 0 Å². The van der Waals surface area contributed by atoms with Crippen molar-refractivity contribution in [2.45, 2.75) is 0 Å². The molecule has 0 atom stereocenters. The lowest BCUT2D eigenvalue weighted by Crippen LogP contribution is -1.95. The number of nitro benzene ring substituents is 1. The number of hydrogen-bond acceptors (Lipinski definition) is 4. The predicted octanol–water partition coefficient (Wildman–Crippen LogP) is 1.19. The van der Waals surface area contributed by atoms with Gasteiger partial charge in [0.2, 0.25) is 0 Å². The van der Waals surface area contributed by atoms with Crippen LogP contribution >= 0.6 is 0 Å². The van der Waals surface area contributed by atoms with Crippen LogP contribution in [0.4, 0.5) is 11.4 Å². The molecule has 0 radical (unpaired) electrons. The number of nitrogen functional groups attached to an aromatic ring is 1. The van der Waals surface area contributed by atoms with E-state index < -0.39 is 4.92 Å². The Labute approximate surface area is 68.9 Å². The first-order valence-corrected chi connectivity index (χ1v) is 3.23. The van der Waals surface area contributed by atoms with E-state index >= 15 is 0 Å². The Morgan fingerprint density at radius 1 is 1.58 bits per heavy atom. The number of rotatable bonds is 2. The molecule has 0 aliphatic carbocycles. The second-order valence-electron chi connectivity index (χ2n) is 2.18. The van der Waals surface area contributed by atoms with E-state index in [2.05, 4.69) is 0 Å². The molecule has 1 rings (SSSR count). The minimum absolute atomic E-state index is 0.130. The van der Waals surface area contributed by atoms with Gasteiger partial charge >= 0.3 is 0 Å². The second kappa shape index (κ2) is 3.08. The molecule has 12 heavy (non-hydrogen) atoms. The van der Waals surface area contributed by atoms with E-state index in [1.54, 1.807) is 6.07 Å². The summed E-state index contributed by atoms with van der Waals surface area (Å²) in [5.41, 5.74) is 5.36. The molecule has 0 aromatic heterocycles. The Morgan fingerprint density at radius 3 is 2.75 bits per heavy atom. The van der Waals surface area contributed by atoms with Gasteiger partial charge in [0.1, 0.15) is 11.4 Å². The van der Waals surface area contributed by atoms with E-state index in [9.17, 15) is 10.1 Å². The minimum atomic E-state index is -0.544. The topological polar surface area (TPSA) is 78.4 Å². The molecule has 0 saturated carbocycles. The van der Waals surface area contributed by atoms with Crippen LogP contribution in [0.15, 0.2) is 18.2 Å². The standard InChI is InChI=1S/C7H8N2O3/c1-12-5-2-3-6(8)7(4-5)9(10)11/h2-4H,8H2,1H3/i2+1,3+1,4+1,5+1,6+1,7+1. The number of nitrogens with zero attached hydrogens (tertiary/aromatic N) is 1. The number of anilines is 1. The third-order valence-electron chi connectivity index (χ3n) is 1.43. The average molecular weight is 174 g/mol. The van der Waals surface area contributed by atoms with Crippen molar-refractivity contribution in [1.82, 2.24) is 0 Å². The lowest BCUT2D eigenvalue weighted by Gasteiger charge is -2.00. The number of nitro groups is 1. The molecule has 5 nitrogen and oxygen atoms in total. The third kappa shape index (κ3) is 1.45. The molecule has 0 saturated heterocycles. The van der Waals surface area contributed by atoms with Gasteiger partial charge in [-0.1, -0.05) is 0 Å². The molecule has 0 fully saturated rings. The highest BCUT2D eigenvalue weighted by Crippen LogP contribution is 2.25. The zero-order valence-corrected chi connectivity index (χ0v) is 6.48. The van der Waals surface area contributed by atoms with E-state index in [0.717, 1.165) is 0 Å². The van der Waals surface area contributed by atoms with E-state index in [-0.39, 0.29) is 11.4 Å². The number of methoxy groups -OCH3 is 1. The second-order valence-corrected chi connectivity index (χ2v) is 2.18. The summed E-state index contributed by atoms with van der Waals surface area (Å²) in [5.74, 6) is 0.427. The van der Waals surface area contributed by atoms with E-state index in [4.69, 9.17) is 10.5 Å². The average Bonchev–Trinajstić information content (AvgIpc) is 2.05. The molecule has 2 N–H and O–H groups in total. The predicted molar refractivity (Wildman–Crippen MR) is 44.1 cm³/mol. The van der Waals surface area contributed by atoms with Crippen LogP contribution in [0.3, 0.4) is 0 Å². The first kappa shape index (κ1) is 8.32. The van der Waals surface area contributed by atoms with Gasteiger partial charge in [-0.05, 0) is 12.1 Å². The Balaban J connectivity index is 3.17. The Morgan fingerprint density at radius 2 is 2.25 bits per heavy atom. The summed E-state index contributed by atoms with van der Waals surface area (Å²) >= 11 is 0.